The Hall–Kier alpha value is -1.49. The molecule has 1 rings (SSSR count). The molecule has 92 valence electrons. The molecule has 4 nitrogen and oxygen atoms in total. The first-order valence-electron chi connectivity index (χ1n) is 5.78. The Balaban J connectivity index is 2.46. The molecule has 0 amide bonds. The second-order valence-corrected chi connectivity index (χ2v) is 4.33. The molecule has 0 aromatic rings. The van der Waals surface area contributed by atoms with Gasteiger partial charge in [0, 0.05) is 6.42 Å². The third-order valence-electron chi connectivity index (χ3n) is 2.97. The first-order valence-corrected chi connectivity index (χ1v) is 5.78. The summed E-state index contributed by atoms with van der Waals surface area (Å²) in [5.41, 5.74) is 7.67. The van der Waals surface area contributed by atoms with Crippen molar-refractivity contribution in [2.75, 3.05) is 0 Å². The number of hydrogen-bond donors (Lipinski definition) is 2. The Labute approximate surface area is 102 Å². The lowest BCUT2D eigenvalue weighted by Gasteiger charge is -2.32. The van der Waals surface area contributed by atoms with E-state index in [1.54, 1.807) is 0 Å². The van der Waals surface area contributed by atoms with Crippen LogP contribution in [0.5, 0.6) is 0 Å². The van der Waals surface area contributed by atoms with Crippen molar-refractivity contribution in [2.24, 2.45) is 5.73 Å². The van der Waals surface area contributed by atoms with Gasteiger partial charge in [-0.2, -0.15) is 0 Å². The Kier molecular flexibility index (Phi) is 5.03. The molecule has 0 radical (unpaired) electrons. The van der Waals surface area contributed by atoms with E-state index in [9.17, 15) is 4.79 Å². The average molecular weight is 234 g/mol. The lowest BCUT2D eigenvalue weighted by molar-refractivity contribution is -0.157. The van der Waals surface area contributed by atoms with E-state index in [1.165, 1.54) is 0 Å². The molecule has 4 heteroatoms. The number of nitrogens with two attached hydrogens (primary N) is 1. The molecule has 1 fully saturated rings. The van der Waals surface area contributed by atoms with E-state index in [-0.39, 0.29) is 6.42 Å². The second kappa shape index (κ2) is 6.30. The maximum atomic E-state index is 11.5. The van der Waals surface area contributed by atoms with Crippen molar-refractivity contribution in [1.82, 2.24) is 5.48 Å². The maximum Gasteiger partial charge on any atom is 0.342 e. The van der Waals surface area contributed by atoms with Gasteiger partial charge in [0.25, 0.3) is 0 Å². The van der Waals surface area contributed by atoms with E-state index < -0.39 is 17.6 Å². The lowest BCUT2D eigenvalue weighted by Crippen LogP contribution is -2.48. The van der Waals surface area contributed by atoms with Crippen LogP contribution >= 0.6 is 0 Å². The highest BCUT2D eigenvalue weighted by atomic mass is 16.7. The van der Waals surface area contributed by atoms with Crippen LogP contribution < -0.4 is 11.2 Å². The number of nitrogens with one attached hydrogen (secondary N) is 1. The minimum Gasteiger partial charge on any atom is -0.368 e. The fourth-order valence-electron chi connectivity index (χ4n) is 1.87. The van der Waals surface area contributed by atoms with E-state index in [4.69, 9.17) is 23.4 Å². The maximum absolute atomic E-state index is 11.5. The fraction of sp³-hybridized carbons (Fsp3) is 0.615. The van der Waals surface area contributed by atoms with E-state index in [0.29, 0.717) is 0 Å². The van der Waals surface area contributed by atoms with Crippen molar-refractivity contribution in [3.8, 4) is 24.7 Å². The normalized spacial score (nSPS) is 19.7. The van der Waals surface area contributed by atoms with Gasteiger partial charge >= 0.3 is 5.97 Å². The Morgan fingerprint density at radius 2 is 2.06 bits per heavy atom. The molecule has 1 aliphatic rings. The van der Waals surface area contributed by atoms with Gasteiger partial charge in [-0.1, -0.05) is 25.2 Å². The van der Waals surface area contributed by atoms with Crippen molar-refractivity contribution >= 4 is 5.97 Å². The molecule has 0 aromatic carbocycles. The van der Waals surface area contributed by atoms with Crippen LogP contribution in [-0.2, 0) is 9.63 Å². The van der Waals surface area contributed by atoms with Crippen LogP contribution in [0.1, 0.15) is 38.5 Å². The van der Waals surface area contributed by atoms with Crippen LogP contribution in [0.4, 0.5) is 0 Å². The molecule has 0 spiro atoms. The number of carbonyl (C=O) groups excluding carboxylic acids is 1. The molecule has 3 N–H and O–H groups in total. The molecule has 17 heavy (non-hydrogen) atoms. The number of terminal acetylenes is 2. The van der Waals surface area contributed by atoms with Gasteiger partial charge in [0.15, 0.2) is 0 Å². The van der Waals surface area contributed by atoms with Gasteiger partial charge in [0.2, 0.25) is 0 Å². The molecule has 1 atom stereocenters. The standard InChI is InChI=1S/C13H18N2O2/c1-3-8-11(14)12(16)17-15-13(4-2)9-6-5-7-10-13/h1-2,11,15H,5-10,14H2. The largest absolute Gasteiger partial charge is 0.368 e. The van der Waals surface area contributed by atoms with Crippen LogP contribution in [0.3, 0.4) is 0 Å². The highest BCUT2D eigenvalue weighted by molar-refractivity contribution is 5.75. The third kappa shape index (κ3) is 3.78. The summed E-state index contributed by atoms with van der Waals surface area (Å²) in [6.07, 6.45) is 15.6. The quantitative estimate of drug-likeness (QED) is 0.556. The highest BCUT2D eigenvalue weighted by Gasteiger charge is 2.31. The van der Waals surface area contributed by atoms with Gasteiger partial charge in [0.1, 0.15) is 11.6 Å². The van der Waals surface area contributed by atoms with Crippen LogP contribution in [0, 0.1) is 24.7 Å². The number of hydroxylamine groups is 1. The predicted octanol–water partition coefficient (Wildman–Crippen LogP) is 0.721. The van der Waals surface area contributed by atoms with Crippen molar-refractivity contribution in [1.29, 1.82) is 0 Å². The summed E-state index contributed by atoms with van der Waals surface area (Å²) in [5.74, 6) is 4.42. The summed E-state index contributed by atoms with van der Waals surface area (Å²) in [6.45, 7) is 0. The Morgan fingerprint density at radius 3 is 2.59 bits per heavy atom. The van der Waals surface area contributed by atoms with Crippen LogP contribution in [-0.4, -0.2) is 17.6 Å². The minimum atomic E-state index is -0.800. The zero-order valence-electron chi connectivity index (χ0n) is 9.87. The molecule has 1 aliphatic carbocycles. The first kappa shape index (κ1) is 13.6. The molecule has 0 saturated heterocycles. The predicted molar refractivity (Wildman–Crippen MR) is 65.3 cm³/mol. The van der Waals surface area contributed by atoms with Crippen molar-refractivity contribution < 1.29 is 9.63 Å². The Bertz CT molecular complexity index is 345. The van der Waals surface area contributed by atoms with Gasteiger partial charge in [-0.3, -0.25) is 0 Å². The van der Waals surface area contributed by atoms with E-state index in [2.05, 4.69) is 17.3 Å². The zero-order chi connectivity index (χ0) is 12.7. The monoisotopic (exact) mass is 234 g/mol. The average Bonchev–Trinajstić information content (AvgIpc) is 2.37. The number of hydrogen-bond acceptors (Lipinski definition) is 4. The topological polar surface area (TPSA) is 64.4 Å². The summed E-state index contributed by atoms with van der Waals surface area (Å²) < 4.78 is 0. The number of carbonyl (C=O) groups is 1. The zero-order valence-corrected chi connectivity index (χ0v) is 9.87. The molecule has 0 heterocycles. The molecular weight excluding hydrogens is 216 g/mol. The van der Waals surface area contributed by atoms with E-state index in [1.807, 2.05) is 0 Å². The molecule has 1 unspecified atom stereocenters. The summed E-state index contributed by atoms with van der Waals surface area (Å²) >= 11 is 0. The summed E-state index contributed by atoms with van der Waals surface area (Å²) in [7, 11) is 0. The lowest BCUT2D eigenvalue weighted by atomic mass is 9.83. The highest BCUT2D eigenvalue weighted by Crippen LogP contribution is 2.27. The van der Waals surface area contributed by atoms with E-state index >= 15 is 0 Å². The van der Waals surface area contributed by atoms with Crippen molar-refractivity contribution in [2.45, 2.75) is 50.1 Å². The van der Waals surface area contributed by atoms with Gasteiger partial charge in [-0.25, -0.2) is 4.79 Å². The smallest absolute Gasteiger partial charge is 0.342 e. The van der Waals surface area contributed by atoms with Gasteiger partial charge in [-0.05, 0) is 12.8 Å². The van der Waals surface area contributed by atoms with Gasteiger partial charge < -0.3 is 10.6 Å². The van der Waals surface area contributed by atoms with Gasteiger partial charge in [-0.15, -0.1) is 24.2 Å². The van der Waals surface area contributed by atoms with E-state index in [0.717, 1.165) is 32.1 Å². The van der Waals surface area contributed by atoms with Crippen molar-refractivity contribution in [3.05, 3.63) is 0 Å². The second-order valence-electron chi connectivity index (χ2n) is 4.33. The summed E-state index contributed by atoms with van der Waals surface area (Å²) in [5, 5.41) is 0. The molecule has 1 saturated carbocycles. The summed E-state index contributed by atoms with van der Waals surface area (Å²) in [4.78, 5) is 16.4. The van der Waals surface area contributed by atoms with Crippen LogP contribution in [0.15, 0.2) is 0 Å². The molecule has 0 aliphatic heterocycles. The van der Waals surface area contributed by atoms with Gasteiger partial charge in [0.05, 0.1) is 0 Å². The third-order valence-corrected chi connectivity index (χ3v) is 2.97. The fourth-order valence-corrected chi connectivity index (χ4v) is 1.87. The SMILES string of the molecule is C#CCC(N)C(=O)ONC1(C#C)CCCCC1. The molecular formula is C13H18N2O2. The Morgan fingerprint density at radius 1 is 1.41 bits per heavy atom. The van der Waals surface area contributed by atoms with Crippen LogP contribution in [0.2, 0.25) is 0 Å². The van der Waals surface area contributed by atoms with Crippen LogP contribution in [0.25, 0.3) is 0 Å². The number of rotatable bonds is 4. The molecule has 0 bridgehead atoms. The van der Waals surface area contributed by atoms with Crippen molar-refractivity contribution in [3.63, 3.8) is 0 Å². The first-order chi connectivity index (χ1) is 8.13. The minimum absolute atomic E-state index is 0.156. The summed E-state index contributed by atoms with van der Waals surface area (Å²) in [6, 6.07) is -0.800. The molecule has 0 aromatic heterocycles.